The fraction of sp³-hybridized carbons (Fsp3) is 0.404. The SMILES string of the molecule is CC(C)(C)OC(=O)NCCCC[C@@H](NC(=O)OCC1c2ccccc2-c2ccccc21)C(=O)N1CCC(NCOCc2ccccc2)(C(=O)OCc2ccccc2)CC1. The van der Waals surface area contributed by atoms with Crippen molar-refractivity contribution >= 4 is 24.1 Å². The van der Waals surface area contributed by atoms with Crippen LogP contribution in [0.4, 0.5) is 9.59 Å². The van der Waals surface area contributed by atoms with Gasteiger partial charge in [0.15, 0.2) is 0 Å². The number of amides is 3. The van der Waals surface area contributed by atoms with Crippen molar-refractivity contribution in [1.29, 1.82) is 0 Å². The van der Waals surface area contributed by atoms with E-state index in [1.54, 1.807) is 25.7 Å². The third-order valence-corrected chi connectivity index (χ3v) is 10.7. The van der Waals surface area contributed by atoms with Crippen molar-refractivity contribution in [2.24, 2.45) is 0 Å². The van der Waals surface area contributed by atoms with E-state index in [2.05, 4.69) is 40.2 Å². The number of ether oxygens (including phenoxy) is 4. The molecular weight excluding hydrogens is 749 g/mol. The lowest BCUT2D eigenvalue weighted by atomic mass is 9.87. The van der Waals surface area contributed by atoms with E-state index < -0.39 is 35.3 Å². The maximum absolute atomic E-state index is 14.3. The van der Waals surface area contributed by atoms with Crippen LogP contribution in [0, 0.1) is 0 Å². The summed E-state index contributed by atoms with van der Waals surface area (Å²) < 4.78 is 23.0. The largest absolute Gasteiger partial charge is 0.459 e. The average Bonchev–Trinajstić information content (AvgIpc) is 3.56. The van der Waals surface area contributed by atoms with Gasteiger partial charge in [0.2, 0.25) is 5.91 Å². The number of piperidine rings is 1. The van der Waals surface area contributed by atoms with Gasteiger partial charge in [-0.25, -0.2) is 9.59 Å². The van der Waals surface area contributed by atoms with Crippen LogP contribution >= 0.6 is 0 Å². The first-order valence-corrected chi connectivity index (χ1v) is 20.5. The number of rotatable bonds is 17. The molecule has 6 rings (SSSR count). The second kappa shape index (κ2) is 20.3. The lowest BCUT2D eigenvalue weighted by Gasteiger charge is -2.41. The van der Waals surface area contributed by atoms with Gasteiger partial charge in [0.1, 0.15) is 30.4 Å². The molecule has 0 saturated carbocycles. The highest BCUT2D eigenvalue weighted by atomic mass is 16.6. The van der Waals surface area contributed by atoms with Crippen molar-refractivity contribution < 1.29 is 38.1 Å². The monoisotopic (exact) mass is 804 g/mol. The van der Waals surface area contributed by atoms with E-state index in [1.165, 1.54) is 0 Å². The Balaban J connectivity index is 1.09. The summed E-state index contributed by atoms with van der Waals surface area (Å²) in [7, 11) is 0. The Bertz CT molecular complexity index is 1970. The lowest BCUT2D eigenvalue weighted by Crippen LogP contribution is -2.61. The minimum absolute atomic E-state index is 0.104. The van der Waals surface area contributed by atoms with Gasteiger partial charge in [0, 0.05) is 25.6 Å². The summed E-state index contributed by atoms with van der Waals surface area (Å²) in [6.07, 6.45) is 0.742. The predicted octanol–water partition coefficient (Wildman–Crippen LogP) is 7.46. The zero-order chi connectivity index (χ0) is 41.7. The molecule has 1 heterocycles. The average molecular weight is 805 g/mol. The fourth-order valence-corrected chi connectivity index (χ4v) is 7.59. The lowest BCUT2D eigenvalue weighted by molar-refractivity contribution is -0.158. The highest BCUT2D eigenvalue weighted by Crippen LogP contribution is 2.44. The molecule has 4 aromatic carbocycles. The number of hydrogen-bond donors (Lipinski definition) is 3. The maximum Gasteiger partial charge on any atom is 0.407 e. The number of nitrogens with one attached hydrogen (secondary N) is 3. The van der Waals surface area contributed by atoms with Crippen LogP contribution in [-0.4, -0.2) is 79.1 Å². The number of likely N-dealkylation sites (tertiary alicyclic amines) is 1. The van der Waals surface area contributed by atoms with Crippen LogP contribution in [0.1, 0.15) is 81.0 Å². The zero-order valence-electron chi connectivity index (χ0n) is 34.2. The number of nitrogens with zero attached hydrogens (tertiary/aromatic N) is 1. The number of carbonyl (C=O) groups is 4. The van der Waals surface area contributed by atoms with Gasteiger partial charge in [-0.3, -0.25) is 14.9 Å². The Morgan fingerprint density at radius 3 is 1.92 bits per heavy atom. The molecule has 0 spiro atoms. The van der Waals surface area contributed by atoms with Gasteiger partial charge < -0.3 is 34.5 Å². The smallest absolute Gasteiger partial charge is 0.407 e. The molecule has 0 unspecified atom stereocenters. The van der Waals surface area contributed by atoms with E-state index in [4.69, 9.17) is 18.9 Å². The van der Waals surface area contributed by atoms with Crippen LogP contribution in [0.15, 0.2) is 109 Å². The second-order valence-corrected chi connectivity index (χ2v) is 16.1. The summed E-state index contributed by atoms with van der Waals surface area (Å²) in [5, 5.41) is 8.94. The first-order valence-electron chi connectivity index (χ1n) is 20.5. The number of unbranched alkanes of at least 4 members (excludes halogenated alkanes) is 1. The molecule has 2 aliphatic rings. The van der Waals surface area contributed by atoms with Gasteiger partial charge in [-0.1, -0.05) is 109 Å². The molecule has 12 heteroatoms. The second-order valence-electron chi connectivity index (χ2n) is 16.1. The summed E-state index contributed by atoms with van der Waals surface area (Å²) in [5.41, 5.74) is 4.57. The van der Waals surface area contributed by atoms with Gasteiger partial charge >= 0.3 is 18.2 Å². The van der Waals surface area contributed by atoms with Gasteiger partial charge in [-0.05, 0) is 86.3 Å². The van der Waals surface area contributed by atoms with Crippen LogP contribution in [-0.2, 0) is 41.8 Å². The maximum atomic E-state index is 14.3. The van der Waals surface area contributed by atoms with Gasteiger partial charge in [-0.2, -0.15) is 0 Å². The number of carbonyl (C=O) groups excluding carboxylic acids is 4. The Labute approximate surface area is 346 Å². The summed E-state index contributed by atoms with van der Waals surface area (Å²) in [6, 6.07) is 34.6. The Morgan fingerprint density at radius 1 is 0.729 bits per heavy atom. The van der Waals surface area contributed by atoms with Crippen molar-refractivity contribution in [3.05, 3.63) is 131 Å². The molecule has 312 valence electrons. The third kappa shape index (κ3) is 11.9. The fourth-order valence-electron chi connectivity index (χ4n) is 7.59. The number of benzene rings is 4. The molecule has 0 aromatic heterocycles. The van der Waals surface area contributed by atoms with Crippen LogP contribution in [0.25, 0.3) is 11.1 Å². The zero-order valence-corrected chi connectivity index (χ0v) is 34.2. The Morgan fingerprint density at radius 2 is 1.31 bits per heavy atom. The summed E-state index contributed by atoms with van der Waals surface area (Å²) in [6.45, 7) is 6.92. The highest BCUT2D eigenvalue weighted by molar-refractivity contribution is 5.87. The van der Waals surface area contributed by atoms with E-state index >= 15 is 0 Å². The van der Waals surface area contributed by atoms with Crippen LogP contribution < -0.4 is 16.0 Å². The molecular formula is C47H56N4O8. The number of hydrogen-bond acceptors (Lipinski definition) is 9. The topological polar surface area (TPSA) is 145 Å². The molecule has 3 amide bonds. The highest BCUT2D eigenvalue weighted by Gasteiger charge is 2.44. The van der Waals surface area contributed by atoms with Crippen molar-refractivity contribution in [3.63, 3.8) is 0 Å². The minimum Gasteiger partial charge on any atom is -0.459 e. The van der Waals surface area contributed by atoms with E-state index in [0.29, 0.717) is 32.4 Å². The van der Waals surface area contributed by atoms with E-state index in [0.717, 1.165) is 33.4 Å². The van der Waals surface area contributed by atoms with Crippen LogP contribution in [0.5, 0.6) is 0 Å². The third-order valence-electron chi connectivity index (χ3n) is 10.7. The molecule has 59 heavy (non-hydrogen) atoms. The summed E-state index contributed by atoms with van der Waals surface area (Å²) >= 11 is 0. The van der Waals surface area contributed by atoms with Crippen molar-refractivity contribution in [2.75, 3.05) is 33.0 Å². The molecule has 3 N–H and O–H groups in total. The number of fused-ring (bicyclic) bond motifs is 3. The van der Waals surface area contributed by atoms with Crippen LogP contribution in [0.3, 0.4) is 0 Å². The Hall–Kier alpha value is -5.72. The van der Waals surface area contributed by atoms with Gasteiger partial charge in [0.25, 0.3) is 0 Å². The molecule has 1 saturated heterocycles. The molecule has 1 fully saturated rings. The molecule has 4 aromatic rings. The van der Waals surface area contributed by atoms with E-state index in [-0.39, 0.29) is 57.7 Å². The van der Waals surface area contributed by atoms with Crippen LogP contribution in [0.2, 0.25) is 0 Å². The number of esters is 1. The molecule has 1 atom stereocenters. The van der Waals surface area contributed by atoms with Crippen molar-refractivity contribution in [3.8, 4) is 11.1 Å². The molecule has 12 nitrogen and oxygen atoms in total. The normalized spacial score (nSPS) is 15.0. The molecule has 1 aliphatic heterocycles. The summed E-state index contributed by atoms with van der Waals surface area (Å²) in [5.74, 6) is -0.824. The van der Waals surface area contributed by atoms with E-state index in [9.17, 15) is 19.2 Å². The minimum atomic E-state index is -1.09. The van der Waals surface area contributed by atoms with Crippen molar-refractivity contribution in [2.45, 2.75) is 89.2 Å². The molecule has 1 aliphatic carbocycles. The van der Waals surface area contributed by atoms with E-state index in [1.807, 2.05) is 84.9 Å². The van der Waals surface area contributed by atoms with Gasteiger partial charge in [0.05, 0.1) is 13.3 Å². The predicted molar refractivity (Wildman–Crippen MR) is 224 cm³/mol. The first kappa shape index (κ1) is 42.9. The summed E-state index contributed by atoms with van der Waals surface area (Å²) in [4.78, 5) is 55.5. The molecule has 0 radical (unpaired) electrons. The standard InChI is InChI=1S/C47H56N4O8/c1-46(2,3)59-44(54)48-27-15-14-24-41(50-45(55)58-32-40-38-22-12-10-20-36(38)37-21-11-13-23-39(37)40)42(52)51-28-25-47(26-29-51,43(53)57-31-35-18-8-5-9-19-35)49-33-56-30-34-16-6-4-7-17-34/h4-13,16-23,40-41,49H,14-15,24-33H2,1-3H3,(H,48,54)(H,50,55)/t41-/m1/s1. The number of alkyl carbamates (subject to hydrolysis) is 2. The first-order chi connectivity index (χ1) is 28.5. The molecule has 0 bridgehead atoms. The van der Waals surface area contributed by atoms with Crippen molar-refractivity contribution in [1.82, 2.24) is 20.9 Å². The van der Waals surface area contributed by atoms with Gasteiger partial charge in [-0.15, -0.1) is 0 Å². The Kier molecular flexibility index (Phi) is 14.8. The quantitative estimate of drug-likeness (QED) is 0.0429.